The predicted octanol–water partition coefficient (Wildman–Crippen LogP) is 5.03. The van der Waals surface area contributed by atoms with Gasteiger partial charge >= 0.3 is 5.97 Å². The van der Waals surface area contributed by atoms with E-state index < -0.39 is 0 Å². The number of thiophene rings is 1. The summed E-state index contributed by atoms with van der Waals surface area (Å²) in [6, 6.07) is 12.0. The second-order valence-corrected chi connectivity index (χ2v) is 7.80. The molecule has 26 heavy (non-hydrogen) atoms. The van der Waals surface area contributed by atoms with Crippen LogP contribution in [0.5, 0.6) is 0 Å². The van der Waals surface area contributed by atoms with E-state index in [4.69, 9.17) is 4.74 Å². The van der Waals surface area contributed by atoms with E-state index in [1.54, 1.807) is 6.92 Å². The number of carbonyl (C=O) groups excluding carboxylic acids is 2. The minimum atomic E-state index is -0.373. The van der Waals surface area contributed by atoms with E-state index in [2.05, 4.69) is 17.4 Å². The molecule has 1 fully saturated rings. The van der Waals surface area contributed by atoms with Gasteiger partial charge in [0.1, 0.15) is 5.00 Å². The first-order valence-corrected chi connectivity index (χ1v) is 10.1. The van der Waals surface area contributed by atoms with Gasteiger partial charge in [-0.2, -0.15) is 0 Å². The van der Waals surface area contributed by atoms with Crippen LogP contribution in [-0.2, 0) is 16.0 Å². The summed E-state index contributed by atoms with van der Waals surface area (Å²) >= 11 is 1.47. The molecule has 1 amide bonds. The summed E-state index contributed by atoms with van der Waals surface area (Å²) in [5, 5.41) is 3.62. The molecule has 138 valence electrons. The van der Waals surface area contributed by atoms with Gasteiger partial charge in [0, 0.05) is 17.2 Å². The maximum Gasteiger partial charge on any atom is 0.341 e. The highest BCUT2D eigenvalue weighted by molar-refractivity contribution is 7.16. The SMILES string of the molecule is CCOC(=O)c1cc(Cc2ccccc2)sc1NC(=O)C1CCCCC1. The molecule has 3 rings (SSSR count). The lowest BCUT2D eigenvalue weighted by Crippen LogP contribution is -2.25. The summed E-state index contributed by atoms with van der Waals surface area (Å²) in [6.07, 6.45) is 6.01. The van der Waals surface area contributed by atoms with Gasteiger partial charge in [-0.25, -0.2) is 4.79 Å². The number of hydrogen-bond donors (Lipinski definition) is 1. The zero-order chi connectivity index (χ0) is 18.4. The van der Waals surface area contributed by atoms with Gasteiger partial charge in [0.15, 0.2) is 0 Å². The van der Waals surface area contributed by atoms with E-state index in [9.17, 15) is 9.59 Å². The zero-order valence-electron chi connectivity index (χ0n) is 15.1. The summed E-state index contributed by atoms with van der Waals surface area (Å²) in [5.41, 5.74) is 1.64. The van der Waals surface area contributed by atoms with Crippen molar-refractivity contribution in [3.8, 4) is 0 Å². The molecule has 1 aromatic carbocycles. The van der Waals surface area contributed by atoms with E-state index >= 15 is 0 Å². The Morgan fingerprint density at radius 1 is 1.15 bits per heavy atom. The molecule has 0 saturated heterocycles. The third-order valence-electron chi connectivity index (χ3n) is 4.71. The fourth-order valence-electron chi connectivity index (χ4n) is 3.36. The first kappa shape index (κ1) is 18.6. The zero-order valence-corrected chi connectivity index (χ0v) is 15.9. The number of esters is 1. The Kier molecular flexibility index (Phi) is 6.45. The van der Waals surface area contributed by atoms with Gasteiger partial charge < -0.3 is 10.1 Å². The summed E-state index contributed by atoms with van der Waals surface area (Å²) in [4.78, 5) is 26.0. The summed E-state index contributed by atoms with van der Waals surface area (Å²) in [5.74, 6) is -0.288. The molecule has 1 N–H and O–H groups in total. The summed E-state index contributed by atoms with van der Waals surface area (Å²) in [6.45, 7) is 2.11. The van der Waals surface area contributed by atoms with Gasteiger partial charge in [-0.15, -0.1) is 11.3 Å². The molecule has 0 atom stereocenters. The molecule has 1 aliphatic rings. The van der Waals surface area contributed by atoms with Gasteiger partial charge in [0.25, 0.3) is 0 Å². The lowest BCUT2D eigenvalue weighted by Gasteiger charge is -2.20. The Morgan fingerprint density at radius 2 is 1.88 bits per heavy atom. The van der Waals surface area contributed by atoms with Crippen LogP contribution in [0.15, 0.2) is 36.4 Å². The maximum atomic E-state index is 12.6. The molecule has 1 aliphatic carbocycles. The van der Waals surface area contributed by atoms with Crippen molar-refractivity contribution in [1.82, 2.24) is 0 Å². The molecule has 0 unspecified atom stereocenters. The Hall–Kier alpha value is -2.14. The molecule has 0 radical (unpaired) electrons. The number of benzene rings is 1. The van der Waals surface area contributed by atoms with Crippen molar-refractivity contribution in [2.24, 2.45) is 5.92 Å². The number of amides is 1. The number of hydrogen-bond acceptors (Lipinski definition) is 4. The third-order valence-corrected chi connectivity index (χ3v) is 5.76. The lowest BCUT2D eigenvalue weighted by molar-refractivity contribution is -0.120. The van der Waals surface area contributed by atoms with Crippen LogP contribution in [0.1, 0.15) is 59.8 Å². The predicted molar refractivity (Wildman–Crippen MR) is 105 cm³/mol. The van der Waals surface area contributed by atoms with Crippen molar-refractivity contribution in [2.75, 3.05) is 11.9 Å². The minimum Gasteiger partial charge on any atom is -0.462 e. The quantitative estimate of drug-likeness (QED) is 0.724. The molecule has 0 bridgehead atoms. The van der Waals surface area contributed by atoms with Crippen molar-refractivity contribution >= 4 is 28.2 Å². The van der Waals surface area contributed by atoms with Crippen molar-refractivity contribution in [3.63, 3.8) is 0 Å². The van der Waals surface area contributed by atoms with Crippen LogP contribution >= 0.6 is 11.3 Å². The number of ether oxygens (including phenoxy) is 1. The number of nitrogens with one attached hydrogen (secondary N) is 1. The summed E-state index contributed by atoms with van der Waals surface area (Å²) in [7, 11) is 0. The van der Waals surface area contributed by atoms with Crippen LogP contribution in [0, 0.1) is 5.92 Å². The van der Waals surface area contributed by atoms with Crippen molar-refractivity contribution in [2.45, 2.75) is 45.4 Å². The Bertz CT molecular complexity index is 748. The highest BCUT2D eigenvalue weighted by Crippen LogP contribution is 2.32. The monoisotopic (exact) mass is 371 g/mol. The average molecular weight is 372 g/mol. The van der Waals surface area contributed by atoms with Crippen LogP contribution in [0.2, 0.25) is 0 Å². The molecular weight excluding hydrogens is 346 g/mol. The summed E-state index contributed by atoms with van der Waals surface area (Å²) < 4.78 is 5.18. The van der Waals surface area contributed by atoms with Crippen LogP contribution in [0.3, 0.4) is 0 Å². The molecule has 1 heterocycles. The molecule has 0 aliphatic heterocycles. The van der Waals surface area contributed by atoms with Crippen molar-refractivity contribution in [1.29, 1.82) is 0 Å². The van der Waals surface area contributed by atoms with Gasteiger partial charge in [-0.1, -0.05) is 49.6 Å². The Balaban J connectivity index is 1.79. The molecular formula is C21H25NO3S. The standard InChI is InChI=1S/C21H25NO3S/c1-2-25-21(24)18-14-17(13-15-9-5-3-6-10-15)26-20(18)22-19(23)16-11-7-4-8-12-16/h3,5-6,9-10,14,16H,2,4,7-8,11-13H2,1H3,(H,22,23). The van der Waals surface area contributed by atoms with Crippen molar-refractivity contribution in [3.05, 3.63) is 52.4 Å². The molecule has 4 nitrogen and oxygen atoms in total. The lowest BCUT2D eigenvalue weighted by atomic mass is 9.89. The van der Waals surface area contributed by atoms with Gasteiger partial charge in [-0.05, 0) is 31.4 Å². The van der Waals surface area contributed by atoms with Gasteiger partial charge in [0.05, 0.1) is 12.2 Å². The van der Waals surface area contributed by atoms with Gasteiger partial charge in [-0.3, -0.25) is 4.79 Å². The molecule has 2 aromatic rings. The second-order valence-electron chi connectivity index (χ2n) is 6.66. The molecule has 0 spiro atoms. The minimum absolute atomic E-state index is 0.0309. The normalized spacial score (nSPS) is 14.8. The van der Waals surface area contributed by atoms with E-state index in [1.165, 1.54) is 23.3 Å². The Morgan fingerprint density at radius 3 is 2.58 bits per heavy atom. The van der Waals surface area contributed by atoms with E-state index in [1.807, 2.05) is 24.3 Å². The fourth-order valence-corrected chi connectivity index (χ4v) is 4.44. The molecule has 5 heteroatoms. The van der Waals surface area contributed by atoms with Crippen LogP contribution in [0.4, 0.5) is 5.00 Å². The second kappa shape index (κ2) is 8.99. The number of rotatable bonds is 6. The number of carbonyl (C=O) groups is 2. The largest absolute Gasteiger partial charge is 0.462 e. The topological polar surface area (TPSA) is 55.4 Å². The van der Waals surface area contributed by atoms with E-state index in [-0.39, 0.29) is 17.8 Å². The Labute approximate surface area is 158 Å². The number of anilines is 1. The highest BCUT2D eigenvalue weighted by atomic mass is 32.1. The highest BCUT2D eigenvalue weighted by Gasteiger charge is 2.24. The first-order chi connectivity index (χ1) is 12.7. The van der Waals surface area contributed by atoms with Crippen LogP contribution in [-0.4, -0.2) is 18.5 Å². The van der Waals surface area contributed by atoms with E-state index in [0.29, 0.717) is 17.2 Å². The smallest absolute Gasteiger partial charge is 0.341 e. The van der Waals surface area contributed by atoms with E-state index in [0.717, 1.165) is 37.0 Å². The van der Waals surface area contributed by atoms with Crippen LogP contribution < -0.4 is 5.32 Å². The van der Waals surface area contributed by atoms with Gasteiger partial charge in [0.2, 0.25) is 5.91 Å². The third kappa shape index (κ3) is 4.73. The van der Waals surface area contributed by atoms with Crippen LogP contribution in [0.25, 0.3) is 0 Å². The molecule has 1 aromatic heterocycles. The average Bonchev–Trinajstić information content (AvgIpc) is 3.05. The fraction of sp³-hybridized carbons (Fsp3) is 0.429. The van der Waals surface area contributed by atoms with Crippen molar-refractivity contribution < 1.29 is 14.3 Å². The maximum absolute atomic E-state index is 12.6. The molecule has 1 saturated carbocycles. The first-order valence-electron chi connectivity index (χ1n) is 9.32.